The zero-order chi connectivity index (χ0) is 16.2. The fourth-order valence-electron chi connectivity index (χ4n) is 2.57. The zero-order valence-electron chi connectivity index (χ0n) is 12.5. The normalized spacial score (nSPS) is 15.2. The van der Waals surface area contributed by atoms with Gasteiger partial charge in [0.25, 0.3) is 0 Å². The highest BCUT2D eigenvalue weighted by atomic mass is 35.5. The van der Waals surface area contributed by atoms with E-state index in [2.05, 4.69) is 17.0 Å². The number of nitrogens with zero attached hydrogens (tertiary/aromatic N) is 1. The van der Waals surface area contributed by atoms with E-state index >= 15 is 0 Å². The van der Waals surface area contributed by atoms with Gasteiger partial charge in [-0.1, -0.05) is 41.4 Å². The molecule has 0 unspecified atom stereocenters. The van der Waals surface area contributed by atoms with Gasteiger partial charge >= 0.3 is 0 Å². The second-order valence-electron chi connectivity index (χ2n) is 5.77. The maximum absolute atomic E-state index is 10.6. The standard InChI is InChI=1S/C18H17Cl2NO2/c19-17-6-3-14(7-18(17)20)12-23-16-4-1-13(2-5-16)8-21-9-15(10-21)11-22/h1-7,11,15H,8-10,12H2. The lowest BCUT2D eigenvalue weighted by atomic mass is 10.0. The van der Waals surface area contributed by atoms with Crippen LogP contribution in [0.2, 0.25) is 10.0 Å². The first-order chi connectivity index (χ1) is 11.1. The molecule has 1 saturated heterocycles. The molecule has 0 aliphatic carbocycles. The smallest absolute Gasteiger partial charge is 0.125 e. The largest absolute Gasteiger partial charge is 0.489 e. The van der Waals surface area contributed by atoms with Crippen molar-refractivity contribution in [3.05, 3.63) is 63.6 Å². The van der Waals surface area contributed by atoms with Crippen LogP contribution in [-0.2, 0) is 17.9 Å². The number of aldehydes is 1. The molecule has 3 nitrogen and oxygen atoms in total. The first kappa shape index (κ1) is 16.3. The van der Waals surface area contributed by atoms with Crippen LogP contribution in [0.3, 0.4) is 0 Å². The molecule has 120 valence electrons. The van der Waals surface area contributed by atoms with Crippen molar-refractivity contribution in [2.45, 2.75) is 13.2 Å². The van der Waals surface area contributed by atoms with Crippen LogP contribution < -0.4 is 4.74 Å². The lowest BCUT2D eigenvalue weighted by Gasteiger charge is -2.36. The Kier molecular flexibility index (Phi) is 5.21. The van der Waals surface area contributed by atoms with Gasteiger partial charge in [0, 0.05) is 25.6 Å². The minimum atomic E-state index is 0.212. The van der Waals surface area contributed by atoms with Crippen LogP contribution in [0, 0.1) is 5.92 Å². The summed E-state index contributed by atoms with van der Waals surface area (Å²) < 4.78 is 5.76. The average Bonchev–Trinajstić information content (AvgIpc) is 2.53. The lowest BCUT2D eigenvalue weighted by molar-refractivity contribution is -0.115. The summed E-state index contributed by atoms with van der Waals surface area (Å²) >= 11 is 11.9. The van der Waals surface area contributed by atoms with Gasteiger partial charge in [-0.3, -0.25) is 4.90 Å². The van der Waals surface area contributed by atoms with Crippen molar-refractivity contribution < 1.29 is 9.53 Å². The molecule has 0 bridgehead atoms. The summed E-state index contributed by atoms with van der Waals surface area (Å²) in [6.07, 6.45) is 1.04. The summed E-state index contributed by atoms with van der Waals surface area (Å²) in [5, 5.41) is 1.08. The molecule has 0 saturated carbocycles. The Morgan fingerprint density at radius 1 is 1.04 bits per heavy atom. The van der Waals surface area contributed by atoms with Crippen LogP contribution >= 0.6 is 23.2 Å². The van der Waals surface area contributed by atoms with Crippen molar-refractivity contribution in [1.82, 2.24) is 4.90 Å². The van der Waals surface area contributed by atoms with Crippen molar-refractivity contribution >= 4 is 29.5 Å². The van der Waals surface area contributed by atoms with Gasteiger partial charge in [-0.2, -0.15) is 0 Å². The number of benzene rings is 2. The average molecular weight is 350 g/mol. The monoisotopic (exact) mass is 349 g/mol. The van der Waals surface area contributed by atoms with Crippen molar-refractivity contribution in [3.63, 3.8) is 0 Å². The summed E-state index contributed by atoms with van der Waals surface area (Å²) in [5.41, 5.74) is 2.19. The first-order valence-electron chi connectivity index (χ1n) is 7.47. The highest BCUT2D eigenvalue weighted by Crippen LogP contribution is 2.24. The SMILES string of the molecule is O=CC1CN(Cc2ccc(OCc3ccc(Cl)c(Cl)c3)cc2)C1. The highest BCUT2D eigenvalue weighted by Gasteiger charge is 2.25. The number of hydrogen-bond acceptors (Lipinski definition) is 3. The van der Waals surface area contributed by atoms with Crippen LogP contribution in [0.1, 0.15) is 11.1 Å². The third-order valence-electron chi connectivity index (χ3n) is 3.90. The van der Waals surface area contributed by atoms with Gasteiger partial charge in [-0.05, 0) is 35.4 Å². The molecule has 5 heteroatoms. The molecule has 1 aliphatic rings. The summed E-state index contributed by atoms with van der Waals surface area (Å²) in [6, 6.07) is 13.5. The third kappa shape index (κ3) is 4.25. The number of ether oxygens (including phenoxy) is 1. The van der Waals surface area contributed by atoms with Crippen molar-refractivity contribution in [1.29, 1.82) is 0 Å². The Bertz CT molecular complexity index is 682. The Hall–Kier alpha value is -1.55. The Morgan fingerprint density at radius 3 is 2.39 bits per heavy atom. The van der Waals surface area contributed by atoms with Gasteiger partial charge in [-0.25, -0.2) is 0 Å². The summed E-state index contributed by atoms with van der Waals surface area (Å²) in [7, 11) is 0. The molecule has 23 heavy (non-hydrogen) atoms. The number of carbonyl (C=O) groups excluding carboxylic acids is 1. The highest BCUT2D eigenvalue weighted by molar-refractivity contribution is 6.42. The number of likely N-dealkylation sites (tertiary alicyclic amines) is 1. The summed E-state index contributed by atoms with van der Waals surface area (Å²) in [4.78, 5) is 12.9. The van der Waals surface area contributed by atoms with Gasteiger partial charge < -0.3 is 9.53 Å². The topological polar surface area (TPSA) is 29.5 Å². The van der Waals surface area contributed by atoms with Crippen LogP contribution in [-0.4, -0.2) is 24.3 Å². The molecule has 1 heterocycles. The molecule has 1 fully saturated rings. The molecule has 0 radical (unpaired) electrons. The maximum atomic E-state index is 10.6. The molecule has 0 amide bonds. The van der Waals surface area contributed by atoms with E-state index in [1.54, 1.807) is 6.07 Å². The molecular weight excluding hydrogens is 333 g/mol. The fourth-order valence-corrected chi connectivity index (χ4v) is 2.89. The van der Waals surface area contributed by atoms with E-state index in [1.165, 1.54) is 5.56 Å². The Morgan fingerprint density at radius 2 is 1.74 bits per heavy atom. The van der Waals surface area contributed by atoms with Gasteiger partial charge in [0.2, 0.25) is 0 Å². The van der Waals surface area contributed by atoms with Crippen molar-refractivity contribution in [2.75, 3.05) is 13.1 Å². The summed E-state index contributed by atoms with van der Waals surface area (Å²) in [6.45, 7) is 3.04. The van der Waals surface area contributed by atoms with Gasteiger partial charge in [0.15, 0.2) is 0 Å². The predicted octanol–water partition coefficient (Wildman–Crippen LogP) is 4.20. The van der Waals surface area contributed by atoms with Crippen molar-refractivity contribution in [2.24, 2.45) is 5.92 Å². The molecule has 0 aromatic heterocycles. The quantitative estimate of drug-likeness (QED) is 0.731. The van der Waals surface area contributed by atoms with Crippen LogP contribution in [0.15, 0.2) is 42.5 Å². The summed E-state index contributed by atoms with van der Waals surface area (Å²) in [5.74, 6) is 1.03. The van der Waals surface area contributed by atoms with Crippen LogP contribution in [0.5, 0.6) is 5.75 Å². The molecule has 0 N–H and O–H groups in total. The predicted molar refractivity (Wildman–Crippen MR) is 92.1 cm³/mol. The Labute approximate surface area is 145 Å². The molecular formula is C18H17Cl2NO2. The van der Waals surface area contributed by atoms with E-state index in [4.69, 9.17) is 27.9 Å². The molecule has 3 rings (SSSR count). The molecule has 0 spiro atoms. The second kappa shape index (κ2) is 7.35. The van der Waals surface area contributed by atoms with Crippen LogP contribution in [0.25, 0.3) is 0 Å². The second-order valence-corrected chi connectivity index (χ2v) is 6.59. The molecule has 0 atom stereocenters. The number of halogens is 2. The molecule has 1 aliphatic heterocycles. The van der Waals surface area contributed by atoms with E-state index in [1.807, 2.05) is 24.3 Å². The van der Waals surface area contributed by atoms with Gasteiger partial charge in [0.1, 0.15) is 18.6 Å². The fraction of sp³-hybridized carbons (Fsp3) is 0.278. The first-order valence-corrected chi connectivity index (χ1v) is 8.23. The van der Waals surface area contributed by atoms with E-state index in [9.17, 15) is 4.79 Å². The van der Waals surface area contributed by atoms with Crippen molar-refractivity contribution in [3.8, 4) is 5.75 Å². The van der Waals surface area contributed by atoms with Crippen LogP contribution in [0.4, 0.5) is 0 Å². The van der Waals surface area contributed by atoms with E-state index in [0.29, 0.717) is 16.7 Å². The minimum Gasteiger partial charge on any atom is -0.489 e. The van der Waals surface area contributed by atoms with Gasteiger partial charge in [0.05, 0.1) is 10.0 Å². The Balaban J connectivity index is 1.51. The number of carbonyl (C=O) groups is 1. The number of hydrogen-bond donors (Lipinski definition) is 0. The van der Waals surface area contributed by atoms with E-state index < -0.39 is 0 Å². The number of rotatable bonds is 6. The maximum Gasteiger partial charge on any atom is 0.125 e. The molecule has 2 aromatic rings. The van der Waals surface area contributed by atoms with E-state index in [0.717, 1.165) is 37.2 Å². The third-order valence-corrected chi connectivity index (χ3v) is 4.64. The lowest BCUT2D eigenvalue weighted by Crippen LogP contribution is -2.46. The van der Waals surface area contributed by atoms with E-state index in [-0.39, 0.29) is 5.92 Å². The molecule has 2 aromatic carbocycles. The zero-order valence-corrected chi connectivity index (χ0v) is 14.1. The van der Waals surface area contributed by atoms with Gasteiger partial charge in [-0.15, -0.1) is 0 Å². The minimum absolute atomic E-state index is 0.212.